The van der Waals surface area contributed by atoms with E-state index >= 15 is 0 Å². The maximum Gasteiger partial charge on any atom is 0.407 e. The summed E-state index contributed by atoms with van der Waals surface area (Å²) in [4.78, 5) is 36.6. The molecule has 1 aliphatic heterocycles. The maximum atomic E-state index is 11.8. The average Bonchev–Trinajstić information content (AvgIpc) is 3.01. The lowest BCUT2D eigenvalue weighted by atomic mass is 10.0. The number of nitrogens with two attached hydrogens (primary N) is 1. The number of nitrogens with zero attached hydrogens (tertiary/aromatic N) is 1. The lowest BCUT2D eigenvalue weighted by molar-refractivity contribution is -0.128. The standard InChI is InChI=1S/C14H26N2O3.C10H22N2O2/c1-10(2)11(9-16-8-6-7-12(16)17)15-13(18)19-14(3,4)5;1-7(2)8(6-11)12-9(13)14-10(3,4)5/h10-11H,6-9H2,1-5H3,(H,15,18);7-8H,6,11H2,1-5H3,(H,12,13)/t11-;8-/m11/s1. The molecule has 4 N–H and O–H groups in total. The maximum absolute atomic E-state index is 11.8. The SMILES string of the molecule is CC(C)[C@@H](CN)NC(=O)OC(C)(C)C.CC(C)[C@@H](CN1CCCC1=O)NC(=O)OC(C)(C)C. The van der Waals surface area contributed by atoms with Crippen LogP contribution in [0.25, 0.3) is 0 Å². The fraction of sp³-hybridized carbons (Fsp3) is 0.875. The molecule has 1 heterocycles. The van der Waals surface area contributed by atoms with Crippen LogP contribution in [-0.4, -0.2) is 65.9 Å². The van der Waals surface area contributed by atoms with Crippen LogP contribution in [0.15, 0.2) is 0 Å². The van der Waals surface area contributed by atoms with Crippen molar-refractivity contribution in [3.63, 3.8) is 0 Å². The van der Waals surface area contributed by atoms with Crippen molar-refractivity contribution in [3.05, 3.63) is 0 Å². The van der Waals surface area contributed by atoms with E-state index in [1.165, 1.54) is 0 Å². The Kier molecular flexibility index (Phi) is 12.8. The lowest BCUT2D eigenvalue weighted by Crippen LogP contribution is -2.48. The van der Waals surface area contributed by atoms with Gasteiger partial charge in [-0.1, -0.05) is 27.7 Å². The third kappa shape index (κ3) is 14.7. The normalized spacial score (nSPS) is 16.2. The summed E-state index contributed by atoms with van der Waals surface area (Å²) in [6, 6.07) is -0.0956. The number of hydrogen-bond donors (Lipinski definition) is 3. The van der Waals surface area contributed by atoms with Crippen molar-refractivity contribution >= 4 is 18.1 Å². The molecule has 1 fully saturated rings. The average molecular weight is 473 g/mol. The molecule has 9 heteroatoms. The first-order valence-corrected chi connectivity index (χ1v) is 11.9. The molecule has 0 saturated carbocycles. The van der Waals surface area contributed by atoms with Gasteiger partial charge in [-0.25, -0.2) is 9.59 Å². The summed E-state index contributed by atoms with van der Waals surface area (Å²) in [5.74, 6) is 0.741. The van der Waals surface area contributed by atoms with Gasteiger partial charge in [0.2, 0.25) is 5.91 Å². The quantitative estimate of drug-likeness (QED) is 0.520. The van der Waals surface area contributed by atoms with Crippen LogP contribution < -0.4 is 16.4 Å². The van der Waals surface area contributed by atoms with Crippen LogP contribution in [0.2, 0.25) is 0 Å². The summed E-state index contributed by atoms with van der Waals surface area (Å²) in [5, 5.41) is 5.60. The number of amides is 3. The molecule has 1 aliphatic rings. The first-order chi connectivity index (χ1) is 14.9. The van der Waals surface area contributed by atoms with E-state index in [2.05, 4.69) is 10.6 Å². The molecule has 33 heavy (non-hydrogen) atoms. The fourth-order valence-corrected chi connectivity index (χ4v) is 2.97. The van der Waals surface area contributed by atoms with Gasteiger partial charge in [0.15, 0.2) is 0 Å². The van der Waals surface area contributed by atoms with E-state index in [0.29, 0.717) is 25.4 Å². The zero-order valence-corrected chi connectivity index (χ0v) is 22.4. The van der Waals surface area contributed by atoms with Gasteiger partial charge >= 0.3 is 12.2 Å². The van der Waals surface area contributed by atoms with E-state index in [1.54, 1.807) is 0 Å². The second kappa shape index (κ2) is 13.6. The molecule has 0 aromatic carbocycles. The van der Waals surface area contributed by atoms with Crippen molar-refractivity contribution in [2.75, 3.05) is 19.6 Å². The molecule has 0 spiro atoms. The Morgan fingerprint density at radius 1 is 0.909 bits per heavy atom. The topological polar surface area (TPSA) is 123 Å². The minimum absolute atomic E-state index is 0.0233. The van der Waals surface area contributed by atoms with Gasteiger partial charge in [0.25, 0.3) is 0 Å². The van der Waals surface area contributed by atoms with Crippen LogP contribution in [0.3, 0.4) is 0 Å². The molecule has 3 amide bonds. The highest BCUT2D eigenvalue weighted by Gasteiger charge is 2.27. The Labute approximate surface area is 200 Å². The summed E-state index contributed by atoms with van der Waals surface area (Å²) in [6.45, 7) is 20.9. The van der Waals surface area contributed by atoms with Crippen molar-refractivity contribution in [2.24, 2.45) is 17.6 Å². The van der Waals surface area contributed by atoms with Gasteiger partial charge in [-0.3, -0.25) is 4.79 Å². The molecule has 1 rings (SSSR count). The van der Waals surface area contributed by atoms with Crippen molar-refractivity contribution in [2.45, 2.75) is 105 Å². The largest absolute Gasteiger partial charge is 0.444 e. The summed E-state index contributed by atoms with van der Waals surface area (Å²) in [6.07, 6.45) is 0.715. The number of carbonyl (C=O) groups is 3. The van der Waals surface area contributed by atoms with E-state index in [4.69, 9.17) is 15.2 Å². The molecule has 0 aromatic rings. The molecule has 0 aromatic heterocycles. The molecular formula is C24H48N4O5. The van der Waals surface area contributed by atoms with Gasteiger partial charge in [0, 0.05) is 32.1 Å². The first-order valence-electron chi connectivity index (χ1n) is 11.9. The summed E-state index contributed by atoms with van der Waals surface area (Å²) < 4.78 is 10.4. The van der Waals surface area contributed by atoms with Gasteiger partial charge in [0.1, 0.15) is 11.2 Å². The summed E-state index contributed by atoms with van der Waals surface area (Å²) in [5.41, 5.74) is 4.55. The van der Waals surface area contributed by atoms with Crippen molar-refractivity contribution < 1.29 is 23.9 Å². The van der Waals surface area contributed by atoms with Gasteiger partial charge < -0.3 is 30.7 Å². The molecule has 1 saturated heterocycles. The Bertz CT molecular complexity index is 623. The number of ether oxygens (including phenoxy) is 2. The van der Waals surface area contributed by atoms with Crippen LogP contribution >= 0.6 is 0 Å². The summed E-state index contributed by atoms with van der Waals surface area (Å²) >= 11 is 0. The number of alkyl carbamates (subject to hydrolysis) is 2. The van der Waals surface area contributed by atoms with E-state index in [-0.39, 0.29) is 23.9 Å². The molecule has 0 radical (unpaired) electrons. The zero-order chi connectivity index (χ0) is 26.0. The highest BCUT2D eigenvalue weighted by molar-refractivity contribution is 5.78. The van der Waals surface area contributed by atoms with Crippen molar-refractivity contribution in [1.29, 1.82) is 0 Å². The highest BCUT2D eigenvalue weighted by atomic mass is 16.6. The highest BCUT2D eigenvalue weighted by Crippen LogP contribution is 2.14. The Morgan fingerprint density at radius 2 is 1.33 bits per heavy atom. The Balaban J connectivity index is 0.000000653. The van der Waals surface area contributed by atoms with Gasteiger partial charge in [-0.2, -0.15) is 0 Å². The zero-order valence-electron chi connectivity index (χ0n) is 22.4. The van der Waals surface area contributed by atoms with Gasteiger partial charge in [0.05, 0.1) is 6.04 Å². The number of nitrogens with one attached hydrogen (secondary N) is 2. The molecule has 9 nitrogen and oxygen atoms in total. The molecule has 0 unspecified atom stereocenters. The predicted octanol–water partition coefficient (Wildman–Crippen LogP) is 3.65. The van der Waals surface area contributed by atoms with Crippen LogP contribution in [0.1, 0.15) is 82.1 Å². The molecule has 194 valence electrons. The van der Waals surface area contributed by atoms with Crippen molar-refractivity contribution in [1.82, 2.24) is 15.5 Å². The van der Waals surface area contributed by atoms with Crippen LogP contribution in [0.5, 0.6) is 0 Å². The second-order valence-electron chi connectivity index (χ2n) is 11.2. The third-order valence-corrected chi connectivity index (χ3v) is 4.86. The molecule has 0 bridgehead atoms. The molecular weight excluding hydrogens is 424 g/mol. The van der Waals surface area contributed by atoms with Gasteiger partial charge in [-0.15, -0.1) is 0 Å². The predicted molar refractivity (Wildman–Crippen MR) is 131 cm³/mol. The Hall–Kier alpha value is -2.03. The van der Waals surface area contributed by atoms with E-state index in [9.17, 15) is 14.4 Å². The van der Waals surface area contributed by atoms with Crippen LogP contribution in [0.4, 0.5) is 9.59 Å². The van der Waals surface area contributed by atoms with E-state index in [0.717, 1.165) is 13.0 Å². The van der Waals surface area contributed by atoms with E-state index < -0.39 is 23.4 Å². The van der Waals surface area contributed by atoms with Crippen molar-refractivity contribution in [3.8, 4) is 0 Å². The first kappa shape index (κ1) is 31.0. The number of carbonyl (C=O) groups excluding carboxylic acids is 3. The minimum Gasteiger partial charge on any atom is -0.444 e. The smallest absolute Gasteiger partial charge is 0.407 e. The van der Waals surface area contributed by atoms with Crippen LogP contribution in [0, 0.1) is 11.8 Å². The minimum atomic E-state index is -0.505. The number of hydrogen-bond acceptors (Lipinski definition) is 6. The van der Waals surface area contributed by atoms with Gasteiger partial charge in [-0.05, 0) is 59.8 Å². The van der Waals surface area contributed by atoms with Crippen LogP contribution in [-0.2, 0) is 14.3 Å². The summed E-state index contributed by atoms with van der Waals surface area (Å²) in [7, 11) is 0. The Morgan fingerprint density at radius 3 is 1.64 bits per heavy atom. The molecule has 2 atom stereocenters. The second-order valence-corrected chi connectivity index (χ2v) is 11.2. The molecule has 0 aliphatic carbocycles. The third-order valence-electron chi connectivity index (χ3n) is 4.86. The lowest BCUT2D eigenvalue weighted by Gasteiger charge is -2.29. The monoisotopic (exact) mass is 472 g/mol. The number of rotatable bonds is 7. The number of likely N-dealkylation sites (tertiary alicyclic amines) is 1. The fourth-order valence-electron chi connectivity index (χ4n) is 2.97. The van der Waals surface area contributed by atoms with E-state index in [1.807, 2.05) is 74.1 Å².